The Morgan fingerprint density at radius 3 is 1.17 bits per heavy atom. The van der Waals surface area contributed by atoms with E-state index in [4.69, 9.17) is 25.7 Å². The molecule has 0 bridgehead atoms. The molecule has 8 atom stereocenters. The fourth-order valence-electron chi connectivity index (χ4n) is 7.07. The number of carbonyl (C=O) groups excluding carboxylic acids is 4. The average Bonchev–Trinajstić information content (AvgIpc) is 3.83. The van der Waals surface area contributed by atoms with Crippen LogP contribution in [0.3, 0.4) is 0 Å². The summed E-state index contributed by atoms with van der Waals surface area (Å²) in [4.78, 5) is 54.9. The van der Waals surface area contributed by atoms with Gasteiger partial charge in [0, 0.05) is 92.2 Å². The van der Waals surface area contributed by atoms with E-state index in [9.17, 15) is 39.6 Å². The topological polar surface area (TPSA) is 375 Å². The van der Waals surface area contributed by atoms with Gasteiger partial charge in [-0.2, -0.15) is 0 Å². The first-order valence-corrected chi connectivity index (χ1v) is 25.6. The first kappa shape index (κ1) is 75.5. The molecule has 0 unspecified atom stereocenters. The van der Waals surface area contributed by atoms with E-state index in [-0.39, 0.29) is 13.1 Å². The van der Waals surface area contributed by atoms with Gasteiger partial charge in [0.1, 0.15) is 12.2 Å². The van der Waals surface area contributed by atoms with Gasteiger partial charge in [0.25, 0.3) is 11.8 Å². The first-order chi connectivity index (χ1) is 34.5. The SMILES string of the molecule is CCCCN(CCC)CCNC(=O)[C@H](O)[C@H](O)[C@@H](O)[C@H](O)C(=O)NCCN(CCC)CCNC.CCCN(CCN)CCNC.CCCN(CC[NH3+])CCNC.CO.O=C1O[C@H]2[C@H](OC(=O)[C@@H]2O)[C@@H]1O.[C-]#[O+]. The van der Waals surface area contributed by atoms with Gasteiger partial charge in [-0.25, -0.2) is 9.59 Å². The van der Waals surface area contributed by atoms with Crippen molar-refractivity contribution in [1.29, 1.82) is 0 Å². The molecule has 25 heteroatoms. The molecule has 2 amide bonds. The van der Waals surface area contributed by atoms with Crippen LogP contribution in [-0.2, 0) is 33.3 Å². The van der Waals surface area contributed by atoms with Crippen molar-refractivity contribution in [3.63, 3.8) is 0 Å². The zero-order chi connectivity index (χ0) is 55.9. The summed E-state index contributed by atoms with van der Waals surface area (Å²) in [6.07, 6.45) is -6.49. The number of nitrogens with zero attached hydrogens (tertiary/aromatic N) is 4. The molecule has 0 aromatic rings. The summed E-state index contributed by atoms with van der Waals surface area (Å²) in [5.74, 6) is -3.48. The summed E-state index contributed by atoms with van der Waals surface area (Å²) in [6.45, 7) is 31.8. The fourth-order valence-corrected chi connectivity index (χ4v) is 7.07. The van der Waals surface area contributed by atoms with E-state index in [1.54, 1.807) is 0 Å². The molecule has 0 spiro atoms. The number of ether oxygens (including phenoxy) is 2. The van der Waals surface area contributed by atoms with Crippen molar-refractivity contribution in [1.82, 2.24) is 46.2 Å². The monoisotopic (exact) mass is 1040 g/mol. The van der Waals surface area contributed by atoms with Crippen LogP contribution in [0.1, 0.15) is 73.1 Å². The molecule has 428 valence electrons. The quantitative estimate of drug-likeness (QED) is 0.0160. The van der Waals surface area contributed by atoms with Gasteiger partial charge in [0.05, 0.1) is 6.54 Å². The second-order valence-corrected chi connectivity index (χ2v) is 16.8. The first-order valence-electron chi connectivity index (χ1n) is 25.6. The maximum absolute atomic E-state index is 12.2. The summed E-state index contributed by atoms with van der Waals surface area (Å²) < 4.78 is 16.5. The molecule has 2 saturated heterocycles. The standard InChI is InChI=1S/C23H49N5O6.2C8H21N3.C6H6O6.CH4O.CO/c1-5-8-14-27(12-6-2)16-10-25-22(33)20(31)18(29)19(30)21(32)23(34)26-11-17-28(13-7-3)15-9-24-4;2*1-3-6-11(7-4-9)8-5-10-2;7-1-3-4(12-5(1)9)2(8)6(10)11-3;2*1-2/h18-21,24,29-32H,5-17H2,1-4H3,(H,25,33)(H,26,34);2*10H,3-9H2,1-2H3;1-4,7-8H;2H,1H3;/p+1/t18-,19-,20-,21+;;;1-,2+,3-,4-;;/m1..1../s1. The molecule has 2 heterocycles. The third-order valence-corrected chi connectivity index (χ3v) is 10.9. The molecule has 2 aliphatic rings. The number of aliphatic hydroxyl groups is 7. The molecular weight excluding hydrogens is 943 g/mol. The summed E-state index contributed by atoms with van der Waals surface area (Å²) in [5, 5.41) is 79.9. The number of fused-ring (bicyclic) bond motifs is 1. The maximum atomic E-state index is 12.2. The molecule has 0 saturated carbocycles. The summed E-state index contributed by atoms with van der Waals surface area (Å²) in [7, 11) is 6.83. The third kappa shape index (κ3) is 35.2. The zero-order valence-electron chi connectivity index (χ0n) is 45.4. The number of carbonyl (C=O) groups is 4. The van der Waals surface area contributed by atoms with Crippen LogP contribution in [0.4, 0.5) is 0 Å². The Hall–Kier alpha value is -3.02. The zero-order valence-corrected chi connectivity index (χ0v) is 45.4. The fraction of sp³-hybridized carbons (Fsp3) is 0.894. The van der Waals surface area contributed by atoms with Gasteiger partial charge in [0.15, 0.2) is 36.6 Å². The minimum absolute atomic E-state index is 0.248. The molecule has 2 rings (SSSR count). The van der Waals surface area contributed by atoms with Crippen LogP contribution in [-0.4, -0.2) is 281 Å². The number of nitrogens with one attached hydrogen (secondary N) is 5. The molecule has 0 radical (unpaired) electrons. The Morgan fingerprint density at radius 1 is 0.569 bits per heavy atom. The van der Waals surface area contributed by atoms with E-state index in [1.807, 2.05) is 21.1 Å². The number of amides is 2. The van der Waals surface area contributed by atoms with E-state index in [1.165, 1.54) is 25.9 Å². The van der Waals surface area contributed by atoms with E-state index in [0.717, 1.165) is 118 Å². The predicted octanol–water partition coefficient (Wildman–Crippen LogP) is -5.73. The Kier molecular flexibility index (Phi) is 54.0. The number of aliphatic hydroxyl groups excluding tert-OH is 7. The average molecular weight is 1050 g/mol. The van der Waals surface area contributed by atoms with Crippen LogP contribution >= 0.6 is 0 Å². The summed E-state index contributed by atoms with van der Waals surface area (Å²) >= 11 is 0. The molecule has 17 N–H and O–H groups in total. The van der Waals surface area contributed by atoms with Crippen molar-refractivity contribution in [2.24, 2.45) is 5.73 Å². The Bertz CT molecular complexity index is 1220. The molecular formula is C47H102N11O14+. The number of likely N-dealkylation sites (N-methyl/N-ethyl adjacent to an activating group) is 3. The number of hydrogen-bond donors (Lipinski definition) is 14. The summed E-state index contributed by atoms with van der Waals surface area (Å²) in [6, 6.07) is 0. The Balaban J connectivity index is -0.000000490. The van der Waals surface area contributed by atoms with Gasteiger partial charge in [0.2, 0.25) is 0 Å². The number of nitrogens with two attached hydrogens (primary N) is 1. The van der Waals surface area contributed by atoms with Crippen LogP contribution in [0.5, 0.6) is 0 Å². The van der Waals surface area contributed by atoms with E-state index < -0.39 is 72.6 Å². The predicted molar refractivity (Wildman–Crippen MR) is 274 cm³/mol. The van der Waals surface area contributed by atoms with Gasteiger partial charge < -0.3 is 98.0 Å². The second kappa shape index (κ2) is 51.5. The summed E-state index contributed by atoms with van der Waals surface area (Å²) in [5.41, 5.74) is 9.32. The van der Waals surface area contributed by atoms with Crippen molar-refractivity contribution in [3.8, 4) is 0 Å². The number of esters is 2. The van der Waals surface area contributed by atoms with Crippen molar-refractivity contribution in [3.05, 3.63) is 6.65 Å². The van der Waals surface area contributed by atoms with Crippen molar-refractivity contribution in [2.75, 3.05) is 153 Å². The molecule has 2 aliphatic heterocycles. The van der Waals surface area contributed by atoms with Gasteiger partial charge >= 0.3 is 23.2 Å². The van der Waals surface area contributed by atoms with Crippen LogP contribution in [0.2, 0.25) is 0 Å². The van der Waals surface area contributed by atoms with E-state index in [2.05, 4.69) is 103 Å². The molecule has 0 aromatic heterocycles. The number of rotatable bonds is 35. The van der Waals surface area contributed by atoms with Crippen LogP contribution in [0.25, 0.3) is 0 Å². The Labute approximate surface area is 430 Å². The number of quaternary nitrogens is 1. The van der Waals surface area contributed by atoms with Crippen LogP contribution < -0.4 is 38.1 Å². The van der Waals surface area contributed by atoms with Crippen molar-refractivity contribution >= 4 is 23.8 Å². The van der Waals surface area contributed by atoms with Gasteiger partial charge in [-0.1, -0.05) is 41.0 Å². The van der Waals surface area contributed by atoms with E-state index >= 15 is 0 Å². The molecule has 0 aromatic carbocycles. The normalized spacial score (nSPS) is 18.2. The number of hydrogen-bond acceptors (Lipinski definition) is 21. The molecule has 2 fully saturated rings. The number of unbranched alkanes of at least 4 members (excludes halogenated alkanes) is 1. The third-order valence-electron chi connectivity index (χ3n) is 10.9. The van der Waals surface area contributed by atoms with Gasteiger partial charge in [-0.15, -0.1) is 0 Å². The van der Waals surface area contributed by atoms with Crippen LogP contribution in [0, 0.1) is 6.65 Å². The van der Waals surface area contributed by atoms with Crippen molar-refractivity contribution in [2.45, 2.75) is 122 Å². The van der Waals surface area contributed by atoms with Crippen molar-refractivity contribution < 1.29 is 74.8 Å². The molecule has 25 nitrogen and oxygen atoms in total. The molecule has 0 aliphatic carbocycles. The second-order valence-electron chi connectivity index (χ2n) is 16.8. The van der Waals surface area contributed by atoms with Crippen LogP contribution in [0.15, 0.2) is 0 Å². The van der Waals surface area contributed by atoms with Gasteiger partial charge in [-0.3, -0.25) is 14.5 Å². The molecule has 72 heavy (non-hydrogen) atoms. The Morgan fingerprint density at radius 2 is 0.875 bits per heavy atom. The minimum atomic E-state index is -2.02. The van der Waals surface area contributed by atoms with E-state index in [0.29, 0.717) is 13.1 Å². The van der Waals surface area contributed by atoms with Gasteiger partial charge in [-0.05, 0) is 86.0 Å².